The SMILES string of the molecule is CC(C)(C)N(CCC(=O)O)Cc1sccc1Br. The van der Waals surface area contributed by atoms with E-state index in [1.807, 2.05) is 11.4 Å². The molecular weight excluding hydrogens is 302 g/mol. The Morgan fingerprint density at radius 2 is 2.18 bits per heavy atom. The third-order valence-corrected chi connectivity index (χ3v) is 4.48. The molecule has 1 rings (SSSR count). The molecule has 1 aromatic rings. The second kappa shape index (κ2) is 5.98. The van der Waals surface area contributed by atoms with Crippen LogP contribution in [0.4, 0.5) is 0 Å². The van der Waals surface area contributed by atoms with Crippen LogP contribution in [0.25, 0.3) is 0 Å². The fourth-order valence-corrected chi connectivity index (χ4v) is 2.99. The monoisotopic (exact) mass is 319 g/mol. The Morgan fingerprint density at radius 3 is 2.59 bits per heavy atom. The maximum Gasteiger partial charge on any atom is 0.304 e. The largest absolute Gasteiger partial charge is 0.481 e. The first-order chi connectivity index (χ1) is 7.80. The number of hydrogen-bond acceptors (Lipinski definition) is 3. The minimum atomic E-state index is -0.746. The number of thiophene rings is 1. The highest BCUT2D eigenvalue weighted by atomic mass is 79.9. The van der Waals surface area contributed by atoms with E-state index in [4.69, 9.17) is 5.11 Å². The average molecular weight is 320 g/mol. The summed E-state index contributed by atoms with van der Waals surface area (Å²) in [5, 5.41) is 10.8. The van der Waals surface area contributed by atoms with Crippen molar-refractivity contribution in [2.45, 2.75) is 39.3 Å². The zero-order valence-corrected chi connectivity index (χ0v) is 12.8. The lowest BCUT2D eigenvalue weighted by Crippen LogP contribution is -2.41. The average Bonchev–Trinajstić information content (AvgIpc) is 2.56. The molecule has 0 aliphatic carbocycles. The van der Waals surface area contributed by atoms with Crippen molar-refractivity contribution in [1.29, 1.82) is 0 Å². The fraction of sp³-hybridized carbons (Fsp3) is 0.583. The van der Waals surface area contributed by atoms with E-state index in [0.29, 0.717) is 6.54 Å². The van der Waals surface area contributed by atoms with Gasteiger partial charge in [-0.25, -0.2) is 0 Å². The molecule has 0 aliphatic rings. The highest BCUT2D eigenvalue weighted by molar-refractivity contribution is 9.10. The van der Waals surface area contributed by atoms with Gasteiger partial charge in [0.05, 0.1) is 6.42 Å². The lowest BCUT2D eigenvalue weighted by Gasteiger charge is -2.35. The van der Waals surface area contributed by atoms with E-state index < -0.39 is 5.97 Å². The molecule has 0 unspecified atom stereocenters. The Labute approximate surface area is 115 Å². The molecule has 0 saturated heterocycles. The number of hydrogen-bond donors (Lipinski definition) is 1. The molecule has 3 nitrogen and oxygen atoms in total. The van der Waals surface area contributed by atoms with E-state index in [9.17, 15) is 4.79 Å². The van der Waals surface area contributed by atoms with Gasteiger partial charge in [-0.3, -0.25) is 9.69 Å². The fourth-order valence-electron chi connectivity index (χ4n) is 1.49. The predicted octanol–water partition coefficient (Wildman–Crippen LogP) is 3.59. The Morgan fingerprint density at radius 1 is 1.53 bits per heavy atom. The van der Waals surface area contributed by atoms with Crippen molar-refractivity contribution in [2.24, 2.45) is 0 Å². The molecule has 0 spiro atoms. The number of carboxylic acid groups (broad SMARTS) is 1. The topological polar surface area (TPSA) is 40.5 Å². The van der Waals surface area contributed by atoms with Gasteiger partial charge in [-0.2, -0.15) is 0 Å². The van der Waals surface area contributed by atoms with Crippen molar-refractivity contribution in [1.82, 2.24) is 4.90 Å². The van der Waals surface area contributed by atoms with Gasteiger partial charge >= 0.3 is 5.97 Å². The van der Waals surface area contributed by atoms with Crippen LogP contribution in [0.15, 0.2) is 15.9 Å². The van der Waals surface area contributed by atoms with Gasteiger partial charge in [-0.05, 0) is 48.1 Å². The third-order valence-electron chi connectivity index (χ3n) is 2.57. The molecule has 0 bridgehead atoms. The summed E-state index contributed by atoms with van der Waals surface area (Å²) in [7, 11) is 0. The third kappa shape index (κ3) is 4.77. The number of rotatable bonds is 5. The van der Waals surface area contributed by atoms with Gasteiger partial charge in [-0.15, -0.1) is 11.3 Å². The molecule has 1 heterocycles. The summed E-state index contributed by atoms with van der Waals surface area (Å²) >= 11 is 5.20. The van der Waals surface area contributed by atoms with Crippen LogP contribution >= 0.6 is 27.3 Å². The van der Waals surface area contributed by atoms with Gasteiger partial charge < -0.3 is 5.11 Å². The van der Waals surface area contributed by atoms with Crippen molar-refractivity contribution < 1.29 is 9.90 Å². The van der Waals surface area contributed by atoms with E-state index in [1.54, 1.807) is 11.3 Å². The molecule has 0 amide bonds. The number of carboxylic acids is 1. The van der Waals surface area contributed by atoms with Gasteiger partial charge in [0.25, 0.3) is 0 Å². The first-order valence-electron chi connectivity index (χ1n) is 5.49. The van der Waals surface area contributed by atoms with Crippen LogP contribution < -0.4 is 0 Å². The second-order valence-corrected chi connectivity index (χ2v) is 6.78. The Hall–Kier alpha value is -0.390. The van der Waals surface area contributed by atoms with Crippen LogP contribution in [0, 0.1) is 0 Å². The highest BCUT2D eigenvalue weighted by Gasteiger charge is 2.23. The quantitative estimate of drug-likeness (QED) is 0.901. The molecule has 96 valence electrons. The molecule has 0 aliphatic heterocycles. The zero-order chi connectivity index (χ0) is 13.1. The van der Waals surface area contributed by atoms with Crippen molar-refractivity contribution in [3.63, 3.8) is 0 Å². The maximum absolute atomic E-state index is 10.7. The summed E-state index contributed by atoms with van der Waals surface area (Å²) < 4.78 is 1.10. The second-order valence-electron chi connectivity index (χ2n) is 4.93. The summed E-state index contributed by atoms with van der Waals surface area (Å²) in [5.41, 5.74) is -0.0289. The molecule has 1 N–H and O–H groups in total. The highest BCUT2D eigenvalue weighted by Crippen LogP contribution is 2.27. The molecule has 0 aromatic carbocycles. The van der Waals surface area contributed by atoms with Crippen molar-refractivity contribution in [3.8, 4) is 0 Å². The molecule has 1 aromatic heterocycles. The predicted molar refractivity (Wildman–Crippen MR) is 74.4 cm³/mol. The van der Waals surface area contributed by atoms with E-state index in [2.05, 4.69) is 41.6 Å². The summed E-state index contributed by atoms with van der Waals surface area (Å²) in [6.45, 7) is 7.68. The molecule has 17 heavy (non-hydrogen) atoms. The summed E-state index contributed by atoms with van der Waals surface area (Å²) in [5.74, 6) is -0.746. The van der Waals surface area contributed by atoms with Crippen molar-refractivity contribution in [2.75, 3.05) is 6.54 Å². The van der Waals surface area contributed by atoms with Crippen LogP contribution in [0.5, 0.6) is 0 Å². The lowest BCUT2D eigenvalue weighted by molar-refractivity contribution is -0.137. The van der Waals surface area contributed by atoms with E-state index in [1.165, 1.54) is 4.88 Å². The number of nitrogens with zero attached hydrogens (tertiary/aromatic N) is 1. The Balaban J connectivity index is 2.71. The minimum Gasteiger partial charge on any atom is -0.481 e. The van der Waals surface area contributed by atoms with Gasteiger partial charge in [-0.1, -0.05) is 0 Å². The number of aliphatic carboxylic acids is 1. The standard InChI is InChI=1S/C12H18BrNO2S/c1-12(2,3)14(6-4-11(15)16)8-10-9(13)5-7-17-10/h5,7H,4,6,8H2,1-3H3,(H,15,16). The first-order valence-corrected chi connectivity index (χ1v) is 7.16. The molecule has 5 heteroatoms. The number of carbonyl (C=O) groups is 1. The van der Waals surface area contributed by atoms with Gasteiger partial charge in [0, 0.05) is 28.0 Å². The molecule has 0 saturated carbocycles. The van der Waals surface area contributed by atoms with Crippen LogP contribution in [-0.4, -0.2) is 28.1 Å². The minimum absolute atomic E-state index is 0.0289. The van der Waals surface area contributed by atoms with E-state index >= 15 is 0 Å². The number of halogens is 1. The molecular formula is C12H18BrNO2S. The lowest BCUT2D eigenvalue weighted by atomic mass is 10.1. The van der Waals surface area contributed by atoms with Crippen molar-refractivity contribution >= 4 is 33.2 Å². The van der Waals surface area contributed by atoms with E-state index in [-0.39, 0.29) is 12.0 Å². The summed E-state index contributed by atoms with van der Waals surface area (Å²) in [6, 6.07) is 2.03. The van der Waals surface area contributed by atoms with Crippen LogP contribution in [-0.2, 0) is 11.3 Å². The van der Waals surface area contributed by atoms with Gasteiger partial charge in [0.15, 0.2) is 0 Å². The first kappa shape index (κ1) is 14.7. The van der Waals surface area contributed by atoms with Crippen LogP contribution in [0.3, 0.4) is 0 Å². The zero-order valence-electron chi connectivity index (χ0n) is 10.4. The van der Waals surface area contributed by atoms with Crippen LogP contribution in [0.1, 0.15) is 32.1 Å². The van der Waals surface area contributed by atoms with Gasteiger partial charge in [0.1, 0.15) is 0 Å². The summed E-state index contributed by atoms with van der Waals surface area (Å²) in [6.07, 6.45) is 0.181. The Kier molecular flexibility index (Phi) is 5.16. The summed E-state index contributed by atoms with van der Waals surface area (Å²) in [4.78, 5) is 14.1. The van der Waals surface area contributed by atoms with E-state index in [0.717, 1.165) is 11.0 Å². The molecule has 0 fully saturated rings. The van der Waals surface area contributed by atoms with Gasteiger partial charge in [0.2, 0.25) is 0 Å². The Bertz CT molecular complexity index is 384. The van der Waals surface area contributed by atoms with Crippen molar-refractivity contribution in [3.05, 3.63) is 20.8 Å². The molecule has 0 radical (unpaired) electrons. The maximum atomic E-state index is 10.7. The molecule has 0 atom stereocenters. The van der Waals surface area contributed by atoms with Crippen LogP contribution in [0.2, 0.25) is 0 Å². The smallest absolute Gasteiger partial charge is 0.304 e. The normalized spacial score (nSPS) is 12.1.